The van der Waals surface area contributed by atoms with Crippen LogP contribution in [0.1, 0.15) is 35.9 Å². The van der Waals surface area contributed by atoms with Crippen molar-refractivity contribution in [3.8, 4) is 0 Å². The monoisotopic (exact) mass is 251 g/mol. The normalized spacial score (nSPS) is 24.0. The Labute approximate surface area is 105 Å². The van der Waals surface area contributed by atoms with Crippen molar-refractivity contribution < 1.29 is 19.1 Å². The highest BCUT2D eigenvalue weighted by Gasteiger charge is 2.39. The number of carbonyl (C=O) groups excluding carboxylic acids is 1. The van der Waals surface area contributed by atoms with Gasteiger partial charge in [-0.2, -0.15) is 0 Å². The van der Waals surface area contributed by atoms with Crippen LogP contribution in [-0.4, -0.2) is 35.0 Å². The van der Waals surface area contributed by atoms with Gasteiger partial charge in [0.2, 0.25) is 0 Å². The molecule has 5 nitrogen and oxygen atoms in total. The van der Waals surface area contributed by atoms with Gasteiger partial charge in [-0.25, -0.2) is 0 Å². The third kappa shape index (κ3) is 2.12. The predicted octanol–water partition coefficient (Wildman–Crippen LogP) is 1.91. The Hall–Kier alpha value is -1.78. The fraction of sp³-hybridized carbons (Fsp3) is 0.538. The number of amides is 1. The van der Waals surface area contributed by atoms with Crippen molar-refractivity contribution in [3.63, 3.8) is 0 Å². The zero-order valence-corrected chi connectivity index (χ0v) is 10.6. The van der Waals surface area contributed by atoms with Crippen LogP contribution in [0.3, 0.4) is 0 Å². The van der Waals surface area contributed by atoms with Crippen LogP contribution in [0.25, 0.3) is 0 Å². The average Bonchev–Trinajstić information content (AvgIpc) is 2.74. The summed E-state index contributed by atoms with van der Waals surface area (Å²) in [4.78, 5) is 25.1. The van der Waals surface area contributed by atoms with E-state index in [0.717, 1.165) is 0 Å². The van der Waals surface area contributed by atoms with Crippen LogP contribution in [0.2, 0.25) is 0 Å². The molecule has 1 fully saturated rings. The van der Waals surface area contributed by atoms with Crippen molar-refractivity contribution in [2.75, 3.05) is 13.1 Å². The summed E-state index contributed by atoms with van der Waals surface area (Å²) in [6.07, 6.45) is 2.80. The number of rotatable bonds is 2. The summed E-state index contributed by atoms with van der Waals surface area (Å²) >= 11 is 0. The smallest absolute Gasteiger partial charge is 0.311 e. The van der Waals surface area contributed by atoms with Gasteiger partial charge >= 0.3 is 5.97 Å². The second-order valence-electron chi connectivity index (χ2n) is 5.09. The van der Waals surface area contributed by atoms with Gasteiger partial charge < -0.3 is 14.4 Å². The maximum absolute atomic E-state index is 12.3. The van der Waals surface area contributed by atoms with Gasteiger partial charge in [-0.15, -0.1) is 0 Å². The van der Waals surface area contributed by atoms with Crippen LogP contribution < -0.4 is 0 Å². The lowest BCUT2D eigenvalue weighted by atomic mass is 9.82. The highest BCUT2D eigenvalue weighted by molar-refractivity contribution is 5.95. The number of carboxylic acid groups (broad SMARTS) is 1. The Bertz CT molecular complexity index is 479. The number of hydrogen-bond donors (Lipinski definition) is 1. The topological polar surface area (TPSA) is 70.8 Å². The Kier molecular flexibility index (Phi) is 3.15. The van der Waals surface area contributed by atoms with Crippen LogP contribution in [0.15, 0.2) is 16.7 Å². The first kappa shape index (κ1) is 12.7. The Morgan fingerprint density at radius 2 is 2.22 bits per heavy atom. The third-order valence-corrected chi connectivity index (χ3v) is 3.59. The first-order valence-corrected chi connectivity index (χ1v) is 6.01. The molecule has 0 saturated carbocycles. The molecule has 1 unspecified atom stereocenters. The predicted molar refractivity (Wildman–Crippen MR) is 64.3 cm³/mol. The Morgan fingerprint density at radius 3 is 2.78 bits per heavy atom. The van der Waals surface area contributed by atoms with Crippen LogP contribution in [0.4, 0.5) is 0 Å². The molecule has 1 amide bonds. The molecule has 2 rings (SSSR count). The van der Waals surface area contributed by atoms with Crippen molar-refractivity contribution in [3.05, 3.63) is 23.7 Å². The molecule has 0 aromatic carbocycles. The highest BCUT2D eigenvalue weighted by Crippen LogP contribution is 2.30. The minimum Gasteiger partial charge on any atom is -0.481 e. The van der Waals surface area contributed by atoms with E-state index in [4.69, 9.17) is 4.42 Å². The van der Waals surface area contributed by atoms with Crippen molar-refractivity contribution in [2.24, 2.45) is 5.41 Å². The third-order valence-electron chi connectivity index (χ3n) is 3.59. The van der Waals surface area contributed by atoms with E-state index in [9.17, 15) is 14.7 Å². The molecular formula is C13H17NO4. The summed E-state index contributed by atoms with van der Waals surface area (Å²) in [6.45, 7) is 4.28. The summed E-state index contributed by atoms with van der Waals surface area (Å²) in [5, 5.41) is 9.23. The standard InChI is InChI=1S/C13H17NO4/c1-9-10(4-7-18-9)11(15)14-6-3-5-13(2,8-14)12(16)17/h4,7H,3,5-6,8H2,1-2H3,(H,16,17). The summed E-state index contributed by atoms with van der Waals surface area (Å²) in [6, 6.07) is 1.63. The molecule has 0 aliphatic carbocycles. The van der Waals surface area contributed by atoms with Gasteiger partial charge in [-0.1, -0.05) is 0 Å². The molecule has 0 bridgehead atoms. The van der Waals surface area contributed by atoms with Gasteiger partial charge in [0.1, 0.15) is 5.76 Å². The maximum Gasteiger partial charge on any atom is 0.311 e. The van der Waals surface area contributed by atoms with Crippen LogP contribution in [0.5, 0.6) is 0 Å². The van der Waals surface area contributed by atoms with Crippen molar-refractivity contribution in [1.82, 2.24) is 4.90 Å². The molecule has 1 aromatic rings. The number of piperidine rings is 1. The maximum atomic E-state index is 12.3. The zero-order chi connectivity index (χ0) is 13.3. The number of hydrogen-bond acceptors (Lipinski definition) is 3. The number of likely N-dealkylation sites (tertiary alicyclic amines) is 1. The van der Waals surface area contributed by atoms with E-state index in [-0.39, 0.29) is 12.5 Å². The SMILES string of the molecule is Cc1occc1C(=O)N1CCCC(C)(C(=O)O)C1. The van der Waals surface area contributed by atoms with Crippen LogP contribution >= 0.6 is 0 Å². The van der Waals surface area contributed by atoms with Crippen molar-refractivity contribution in [1.29, 1.82) is 0 Å². The number of carbonyl (C=O) groups is 2. The van der Waals surface area contributed by atoms with Gasteiger partial charge in [0.15, 0.2) is 0 Å². The number of nitrogens with zero attached hydrogens (tertiary/aromatic N) is 1. The molecule has 5 heteroatoms. The van der Waals surface area contributed by atoms with Gasteiger partial charge in [0.25, 0.3) is 5.91 Å². The second-order valence-corrected chi connectivity index (χ2v) is 5.09. The number of carboxylic acids is 1. The molecule has 1 saturated heterocycles. The molecule has 1 atom stereocenters. The molecule has 98 valence electrons. The minimum absolute atomic E-state index is 0.145. The lowest BCUT2D eigenvalue weighted by molar-refractivity contribution is -0.150. The summed E-state index contributed by atoms with van der Waals surface area (Å²) in [5.74, 6) is -0.417. The second kappa shape index (κ2) is 4.48. The summed E-state index contributed by atoms with van der Waals surface area (Å²) in [5.41, 5.74) is -0.324. The van der Waals surface area contributed by atoms with E-state index in [1.165, 1.54) is 6.26 Å². The van der Waals surface area contributed by atoms with E-state index in [1.54, 1.807) is 24.8 Å². The molecule has 1 aliphatic rings. The van der Waals surface area contributed by atoms with E-state index in [2.05, 4.69) is 0 Å². The highest BCUT2D eigenvalue weighted by atomic mass is 16.4. The molecular weight excluding hydrogens is 234 g/mol. The van der Waals surface area contributed by atoms with Crippen LogP contribution in [-0.2, 0) is 4.79 Å². The van der Waals surface area contributed by atoms with Gasteiger partial charge in [0.05, 0.1) is 17.2 Å². The molecule has 2 heterocycles. The Balaban J connectivity index is 2.17. The minimum atomic E-state index is -0.844. The Morgan fingerprint density at radius 1 is 1.50 bits per heavy atom. The quantitative estimate of drug-likeness (QED) is 0.871. The van der Waals surface area contributed by atoms with Gasteiger partial charge in [-0.3, -0.25) is 9.59 Å². The van der Waals surface area contributed by atoms with Crippen molar-refractivity contribution in [2.45, 2.75) is 26.7 Å². The fourth-order valence-corrected chi connectivity index (χ4v) is 2.36. The molecule has 18 heavy (non-hydrogen) atoms. The molecule has 1 aromatic heterocycles. The largest absolute Gasteiger partial charge is 0.481 e. The molecule has 1 N–H and O–H groups in total. The lowest BCUT2D eigenvalue weighted by Gasteiger charge is -2.37. The van der Waals surface area contributed by atoms with Gasteiger partial charge in [0, 0.05) is 13.1 Å². The average molecular weight is 251 g/mol. The van der Waals surface area contributed by atoms with E-state index >= 15 is 0 Å². The molecule has 0 spiro atoms. The fourth-order valence-electron chi connectivity index (χ4n) is 2.36. The zero-order valence-electron chi connectivity index (χ0n) is 10.6. The van der Waals surface area contributed by atoms with Gasteiger partial charge in [-0.05, 0) is 32.8 Å². The van der Waals surface area contributed by atoms with Crippen LogP contribution in [0, 0.1) is 12.3 Å². The number of aliphatic carboxylic acids is 1. The van der Waals surface area contributed by atoms with E-state index in [0.29, 0.717) is 30.7 Å². The molecule has 1 aliphatic heterocycles. The molecule has 0 radical (unpaired) electrons. The van der Waals surface area contributed by atoms with E-state index in [1.807, 2.05) is 0 Å². The first-order valence-electron chi connectivity index (χ1n) is 6.01. The lowest BCUT2D eigenvalue weighted by Crippen LogP contribution is -2.48. The number of furan rings is 1. The first-order chi connectivity index (χ1) is 8.44. The summed E-state index contributed by atoms with van der Waals surface area (Å²) < 4.78 is 5.11. The number of aryl methyl sites for hydroxylation is 1. The van der Waals surface area contributed by atoms with E-state index < -0.39 is 11.4 Å². The summed E-state index contributed by atoms with van der Waals surface area (Å²) in [7, 11) is 0. The van der Waals surface area contributed by atoms with Crippen molar-refractivity contribution >= 4 is 11.9 Å².